The van der Waals surface area contributed by atoms with E-state index < -0.39 is 0 Å². The summed E-state index contributed by atoms with van der Waals surface area (Å²) in [6, 6.07) is 3.58. The Hall–Kier alpha value is -1.84. The van der Waals surface area contributed by atoms with E-state index >= 15 is 0 Å². The largest absolute Gasteiger partial charge is 0.467 e. The summed E-state index contributed by atoms with van der Waals surface area (Å²) in [6.07, 6.45) is 7.92. The summed E-state index contributed by atoms with van der Waals surface area (Å²) < 4.78 is 5.25. The highest BCUT2D eigenvalue weighted by Crippen LogP contribution is 2.49. The predicted molar refractivity (Wildman–Crippen MR) is 66.6 cm³/mol. The third-order valence-corrected chi connectivity index (χ3v) is 4.74. The Kier molecular flexibility index (Phi) is 2.22. The fraction of sp³-hybridized carbons (Fsp3) is 0.467. The minimum absolute atomic E-state index is 0.00884. The maximum Gasteiger partial charge on any atom is 0.234 e. The van der Waals surface area contributed by atoms with Crippen LogP contribution < -0.4 is 0 Å². The van der Waals surface area contributed by atoms with Crippen molar-refractivity contribution >= 4 is 11.8 Å². The van der Waals surface area contributed by atoms with Crippen LogP contribution >= 0.6 is 0 Å². The van der Waals surface area contributed by atoms with E-state index in [0.29, 0.717) is 5.76 Å². The molecule has 0 unspecified atom stereocenters. The van der Waals surface area contributed by atoms with Crippen molar-refractivity contribution in [2.24, 2.45) is 23.7 Å². The molecule has 1 aromatic heterocycles. The third kappa shape index (κ3) is 1.46. The lowest BCUT2D eigenvalue weighted by atomic mass is 9.63. The number of fused-ring (bicyclic) bond motifs is 1. The van der Waals surface area contributed by atoms with Crippen molar-refractivity contribution in [2.75, 3.05) is 0 Å². The number of furan rings is 1. The quantitative estimate of drug-likeness (QED) is 0.601. The van der Waals surface area contributed by atoms with Crippen LogP contribution in [0.3, 0.4) is 0 Å². The van der Waals surface area contributed by atoms with Gasteiger partial charge in [0.05, 0.1) is 24.6 Å². The van der Waals surface area contributed by atoms with Gasteiger partial charge in [0.15, 0.2) is 0 Å². The molecule has 98 valence electrons. The van der Waals surface area contributed by atoms with Crippen molar-refractivity contribution in [1.82, 2.24) is 4.90 Å². The molecular formula is C15H15NO3. The van der Waals surface area contributed by atoms with Gasteiger partial charge in [-0.05, 0) is 36.8 Å². The van der Waals surface area contributed by atoms with Gasteiger partial charge in [-0.25, -0.2) is 0 Å². The summed E-state index contributed by atoms with van der Waals surface area (Å²) >= 11 is 0. The van der Waals surface area contributed by atoms with Gasteiger partial charge in [-0.3, -0.25) is 14.5 Å². The van der Waals surface area contributed by atoms with Crippen molar-refractivity contribution in [3.63, 3.8) is 0 Å². The molecular weight excluding hydrogens is 242 g/mol. The van der Waals surface area contributed by atoms with Crippen molar-refractivity contribution < 1.29 is 14.0 Å². The van der Waals surface area contributed by atoms with Gasteiger partial charge in [0, 0.05) is 0 Å². The van der Waals surface area contributed by atoms with E-state index in [2.05, 4.69) is 12.2 Å². The van der Waals surface area contributed by atoms with Gasteiger partial charge in [0.1, 0.15) is 5.76 Å². The maximum atomic E-state index is 12.5. The zero-order valence-corrected chi connectivity index (χ0v) is 10.5. The second-order valence-electron chi connectivity index (χ2n) is 5.68. The number of rotatable bonds is 2. The number of likely N-dealkylation sites (tertiary alicyclic amines) is 1. The molecule has 4 aliphatic rings. The second kappa shape index (κ2) is 3.83. The van der Waals surface area contributed by atoms with Crippen molar-refractivity contribution in [3.05, 3.63) is 36.3 Å². The topological polar surface area (TPSA) is 50.5 Å². The first-order valence-corrected chi connectivity index (χ1v) is 6.81. The third-order valence-electron chi connectivity index (χ3n) is 4.74. The van der Waals surface area contributed by atoms with Crippen molar-refractivity contribution in [1.29, 1.82) is 0 Å². The van der Waals surface area contributed by atoms with Crippen LogP contribution in [0, 0.1) is 23.7 Å². The van der Waals surface area contributed by atoms with E-state index in [0.717, 1.165) is 12.8 Å². The number of nitrogens with zero attached hydrogens (tertiary/aromatic N) is 1. The summed E-state index contributed by atoms with van der Waals surface area (Å²) in [7, 11) is 0. The highest BCUT2D eigenvalue weighted by Gasteiger charge is 2.56. The van der Waals surface area contributed by atoms with E-state index in [4.69, 9.17) is 4.42 Å². The Morgan fingerprint density at radius 1 is 1.11 bits per heavy atom. The Morgan fingerprint density at radius 3 is 2.21 bits per heavy atom. The van der Waals surface area contributed by atoms with Crippen LogP contribution in [0.1, 0.15) is 18.6 Å². The van der Waals surface area contributed by atoms with Crippen molar-refractivity contribution in [3.8, 4) is 0 Å². The highest BCUT2D eigenvalue weighted by molar-refractivity contribution is 6.05. The molecule has 19 heavy (non-hydrogen) atoms. The summed E-state index contributed by atoms with van der Waals surface area (Å²) in [5.41, 5.74) is 0. The molecule has 0 radical (unpaired) electrons. The maximum absolute atomic E-state index is 12.5. The summed E-state index contributed by atoms with van der Waals surface area (Å²) in [5, 5.41) is 0. The van der Waals surface area contributed by atoms with Crippen LogP contribution in [0.5, 0.6) is 0 Å². The minimum Gasteiger partial charge on any atom is -0.467 e. The molecule has 3 aliphatic carbocycles. The molecule has 1 aromatic rings. The lowest BCUT2D eigenvalue weighted by Gasteiger charge is -2.38. The monoisotopic (exact) mass is 257 g/mol. The van der Waals surface area contributed by atoms with E-state index in [9.17, 15) is 9.59 Å². The fourth-order valence-electron chi connectivity index (χ4n) is 3.85. The summed E-state index contributed by atoms with van der Waals surface area (Å²) in [4.78, 5) is 26.4. The molecule has 2 amide bonds. The van der Waals surface area contributed by atoms with E-state index in [1.54, 1.807) is 18.4 Å². The number of hydrogen-bond acceptors (Lipinski definition) is 3. The standard InChI is InChI=1S/C15H15NO3/c17-14-12-9-3-4-10(6-5-9)13(12)15(18)16(14)8-11-2-1-7-19-11/h1-4,7,9-10,12-13H,5-6,8H2/t9-,10+,12-,13-/m0/s1. The van der Waals surface area contributed by atoms with E-state index in [-0.39, 0.29) is 42.0 Å². The van der Waals surface area contributed by atoms with Crippen LogP contribution in [0.4, 0.5) is 0 Å². The van der Waals surface area contributed by atoms with Gasteiger partial charge in [0.2, 0.25) is 11.8 Å². The Labute approximate surface area is 111 Å². The molecule has 4 atom stereocenters. The van der Waals surface area contributed by atoms with Gasteiger partial charge in [-0.1, -0.05) is 12.2 Å². The average molecular weight is 257 g/mol. The smallest absolute Gasteiger partial charge is 0.234 e. The minimum atomic E-state index is -0.119. The fourth-order valence-corrected chi connectivity index (χ4v) is 3.85. The van der Waals surface area contributed by atoms with Gasteiger partial charge >= 0.3 is 0 Å². The molecule has 2 heterocycles. The molecule has 1 aliphatic heterocycles. The van der Waals surface area contributed by atoms with Crippen LogP contribution in [0.2, 0.25) is 0 Å². The molecule has 2 bridgehead atoms. The average Bonchev–Trinajstić information content (AvgIpc) is 3.04. The summed E-state index contributed by atoms with van der Waals surface area (Å²) in [6.45, 7) is 0.275. The van der Waals surface area contributed by atoms with Crippen LogP contribution in [0.25, 0.3) is 0 Å². The van der Waals surface area contributed by atoms with E-state index in [1.165, 1.54) is 4.90 Å². The first-order valence-electron chi connectivity index (χ1n) is 6.81. The van der Waals surface area contributed by atoms with Crippen LogP contribution in [-0.2, 0) is 16.1 Å². The molecule has 2 fully saturated rings. The lowest BCUT2D eigenvalue weighted by molar-refractivity contribution is -0.141. The molecule has 4 nitrogen and oxygen atoms in total. The van der Waals surface area contributed by atoms with Gasteiger partial charge in [-0.15, -0.1) is 0 Å². The summed E-state index contributed by atoms with van der Waals surface area (Å²) in [5.74, 6) is 0.926. The zero-order chi connectivity index (χ0) is 13.0. The SMILES string of the molecule is O=C1[C@@H]2[C@@H](C(=O)N1Cc1ccco1)[C@H]1C=C[C@@H]2CC1. The Morgan fingerprint density at radius 2 is 1.74 bits per heavy atom. The normalized spacial score (nSPS) is 36.1. The Bertz CT molecular complexity index is 528. The number of hydrogen-bond donors (Lipinski definition) is 0. The molecule has 5 rings (SSSR count). The first-order chi connectivity index (χ1) is 9.25. The van der Waals surface area contributed by atoms with Gasteiger partial charge in [-0.2, -0.15) is 0 Å². The predicted octanol–water partition coefficient (Wildman–Crippen LogP) is 1.98. The molecule has 4 heteroatoms. The van der Waals surface area contributed by atoms with Crippen LogP contribution in [-0.4, -0.2) is 16.7 Å². The highest BCUT2D eigenvalue weighted by atomic mass is 16.3. The number of carbonyl (C=O) groups excluding carboxylic acids is 2. The molecule has 0 aromatic carbocycles. The van der Waals surface area contributed by atoms with E-state index in [1.807, 2.05) is 0 Å². The molecule has 0 spiro atoms. The van der Waals surface area contributed by atoms with Crippen molar-refractivity contribution in [2.45, 2.75) is 19.4 Å². The van der Waals surface area contributed by atoms with Crippen LogP contribution in [0.15, 0.2) is 35.0 Å². The van der Waals surface area contributed by atoms with Gasteiger partial charge < -0.3 is 4.42 Å². The number of imide groups is 1. The van der Waals surface area contributed by atoms with Gasteiger partial charge in [0.25, 0.3) is 0 Å². The zero-order valence-electron chi connectivity index (χ0n) is 10.5. The molecule has 0 N–H and O–H groups in total. The molecule has 1 saturated heterocycles. The molecule has 1 saturated carbocycles. The second-order valence-corrected chi connectivity index (χ2v) is 5.68. The Balaban J connectivity index is 1.66. The lowest BCUT2D eigenvalue weighted by Crippen LogP contribution is -2.38. The number of carbonyl (C=O) groups is 2. The number of amides is 2. The number of allylic oxidation sites excluding steroid dienone is 2. The first kappa shape index (κ1) is 11.0.